The smallest absolute Gasteiger partial charge is 0.307 e. The van der Waals surface area contributed by atoms with E-state index in [0.29, 0.717) is 13.0 Å². The van der Waals surface area contributed by atoms with Gasteiger partial charge >= 0.3 is 5.97 Å². The van der Waals surface area contributed by atoms with E-state index in [4.69, 9.17) is 9.47 Å². The van der Waals surface area contributed by atoms with E-state index in [0.717, 1.165) is 32.8 Å². The molecule has 118 valence electrons. The van der Waals surface area contributed by atoms with Gasteiger partial charge in [-0.15, -0.1) is 0 Å². The third-order valence-corrected chi connectivity index (χ3v) is 4.15. The number of hydrogen-bond acceptors (Lipinski definition) is 4. The van der Waals surface area contributed by atoms with E-state index in [2.05, 4.69) is 33.9 Å². The van der Waals surface area contributed by atoms with Crippen molar-refractivity contribution in [2.24, 2.45) is 0 Å². The molecular weight excluding hydrogens is 280 g/mol. The van der Waals surface area contributed by atoms with Crippen LogP contribution >= 0.6 is 0 Å². The predicted octanol–water partition coefficient (Wildman–Crippen LogP) is 2.04. The number of ether oxygens (including phenoxy) is 2. The standard InChI is InChI=1S/C17H22N2O3/c1-21-17(20)6-7-19-13-14(12-18-8-10-22-11-9-18)15-4-2-3-5-16(15)19/h2-5,13H,6-12H2,1H3. The summed E-state index contributed by atoms with van der Waals surface area (Å²) in [6.07, 6.45) is 2.56. The minimum Gasteiger partial charge on any atom is -0.469 e. The van der Waals surface area contributed by atoms with Crippen LogP contribution in [0.3, 0.4) is 0 Å². The lowest BCUT2D eigenvalue weighted by atomic mass is 10.1. The van der Waals surface area contributed by atoms with E-state index < -0.39 is 0 Å². The first-order valence-corrected chi connectivity index (χ1v) is 7.71. The summed E-state index contributed by atoms with van der Waals surface area (Å²) in [6.45, 7) is 5.14. The molecule has 0 amide bonds. The van der Waals surface area contributed by atoms with Crippen molar-refractivity contribution in [3.8, 4) is 0 Å². The van der Waals surface area contributed by atoms with Crippen molar-refractivity contribution in [3.63, 3.8) is 0 Å². The number of aromatic nitrogens is 1. The summed E-state index contributed by atoms with van der Waals surface area (Å²) < 4.78 is 12.3. The normalized spacial score (nSPS) is 16.0. The molecule has 1 aliphatic rings. The van der Waals surface area contributed by atoms with Crippen LogP contribution < -0.4 is 0 Å². The zero-order chi connectivity index (χ0) is 15.4. The van der Waals surface area contributed by atoms with Gasteiger partial charge in [0.25, 0.3) is 0 Å². The number of fused-ring (bicyclic) bond motifs is 1. The van der Waals surface area contributed by atoms with Crippen molar-refractivity contribution in [3.05, 3.63) is 36.0 Å². The van der Waals surface area contributed by atoms with Gasteiger partial charge in [0.2, 0.25) is 0 Å². The van der Waals surface area contributed by atoms with E-state index >= 15 is 0 Å². The summed E-state index contributed by atoms with van der Waals surface area (Å²) in [6, 6.07) is 8.36. The lowest BCUT2D eigenvalue weighted by Gasteiger charge is -2.26. The van der Waals surface area contributed by atoms with Gasteiger partial charge in [0.15, 0.2) is 0 Å². The molecule has 2 aromatic rings. The second-order valence-corrected chi connectivity index (χ2v) is 5.58. The number of benzene rings is 1. The molecule has 5 nitrogen and oxygen atoms in total. The molecule has 1 aromatic heterocycles. The van der Waals surface area contributed by atoms with Crippen molar-refractivity contribution < 1.29 is 14.3 Å². The Balaban J connectivity index is 1.81. The molecular formula is C17H22N2O3. The minimum absolute atomic E-state index is 0.174. The van der Waals surface area contributed by atoms with Crippen LogP contribution in [-0.4, -0.2) is 48.8 Å². The molecule has 22 heavy (non-hydrogen) atoms. The summed E-state index contributed by atoms with van der Waals surface area (Å²) in [5.41, 5.74) is 2.48. The lowest BCUT2D eigenvalue weighted by molar-refractivity contribution is -0.140. The molecule has 0 saturated carbocycles. The zero-order valence-electron chi connectivity index (χ0n) is 13.0. The maximum atomic E-state index is 11.4. The molecule has 1 aliphatic heterocycles. The number of carbonyl (C=O) groups is 1. The number of carbonyl (C=O) groups excluding carboxylic acids is 1. The number of rotatable bonds is 5. The molecule has 0 aliphatic carbocycles. The Morgan fingerprint density at radius 2 is 2.05 bits per heavy atom. The van der Waals surface area contributed by atoms with E-state index in [1.54, 1.807) is 0 Å². The molecule has 0 radical (unpaired) electrons. The van der Waals surface area contributed by atoms with Crippen LogP contribution in [0.15, 0.2) is 30.5 Å². The zero-order valence-corrected chi connectivity index (χ0v) is 13.0. The van der Waals surface area contributed by atoms with Crippen molar-refractivity contribution in [1.82, 2.24) is 9.47 Å². The molecule has 1 fully saturated rings. The van der Waals surface area contributed by atoms with Gasteiger partial charge in [-0.25, -0.2) is 0 Å². The lowest BCUT2D eigenvalue weighted by Crippen LogP contribution is -2.35. The Bertz CT molecular complexity index is 644. The van der Waals surface area contributed by atoms with E-state index in [1.165, 1.54) is 23.6 Å². The number of aryl methyl sites for hydroxylation is 1. The monoisotopic (exact) mass is 302 g/mol. The Labute approximate surface area is 130 Å². The molecule has 0 bridgehead atoms. The largest absolute Gasteiger partial charge is 0.469 e. The van der Waals surface area contributed by atoms with E-state index in [1.807, 2.05) is 6.07 Å². The molecule has 0 spiro atoms. The maximum absolute atomic E-state index is 11.4. The van der Waals surface area contributed by atoms with Crippen molar-refractivity contribution >= 4 is 16.9 Å². The van der Waals surface area contributed by atoms with Crippen LogP contribution in [0.4, 0.5) is 0 Å². The Morgan fingerprint density at radius 3 is 2.82 bits per heavy atom. The molecule has 1 saturated heterocycles. The SMILES string of the molecule is COC(=O)CCn1cc(CN2CCOCC2)c2ccccc21. The summed E-state index contributed by atoms with van der Waals surface area (Å²) >= 11 is 0. The predicted molar refractivity (Wildman–Crippen MR) is 84.7 cm³/mol. The van der Waals surface area contributed by atoms with Crippen LogP contribution in [0, 0.1) is 0 Å². The van der Waals surface area contributed by atoms with E-state index in [9.17, 15) is 4.79 Å². The maximum Gasteiger partial charge on any atom is 0.307 e. The van der Waals surface area contributed by atoms with Crippen molar-refractivity contribution in [1.29, 1.82) is 0 Å². The van der Waals surface area contributed by atoms with Gasteiger partial charge in [-0.2, -0.15) is 0 Å². The van der Waals surface area contributed by atoms with Gasteiger partial charge in [-0.1, -0.05) is 18.2 Å². The highest BCUT2D eigenvalue weighted by Gasteiger charge is 2.15. The Kier molecular flexibility index (Phi) is 4.75. The number of para-hydroxylation sites is 1. The van der Waals surface area contributed by atoms with Gasteiger partial charge in [-0.3, -0.25) is 9.69 Å². The third kappa shape index (κ3) is 3.31. The first-order chi connectivity index (χ1) is 10.8. The highest BCUT2D eigenvalue weighted by Crippen LogP contribution is 2.23. The fraction of sp³-hybridized carbons (Fsp3) is 0.471. The molecule has 0 atom stereocenters. The summed E-state index contributed by atoms with van der Waals surface area (Å²) in [5.74, 6) is -0.174. The average Bonchev–Trinajstić information content (AvgIpc) is 2.92. The number of morpholine rings is 1. The summed E-state index contributed by atoms with van der Waals surface area (Å²) in [4.78, 5) is 13.8. The minimum atomic E-state index is -0.174. The number of hydrogen-bond donors (Lipinski definition) is 0. The average molecular weight is 302 g/mol. The Morgan fingerprint density at radius 1 is 1.27 bits per heavy atom. The first kappa shape index (κ1) is 15.1. The van der Waals surface area contributed by atoms with Crippen LogP contribution in [0.5, 0.6) is 0 Å². The van der Waals surface area contributed by atoms with Crippen molar-refractivity contribution in [2.45, 2.75) is 19.5 Å². The van der Waals surface area contributed by atoms with Gasteiger partial charge in [0, 0.05) is 43.3 Å². The topological polar surface area (TPSA) is 43.7 Å². The fourth-order valence-corrected chi connectivity index (χ4v) is 2.95. The van der Waals surface area contributed by atoms with E-state index in [-0.39, 0.29) is 5.97 Å². The van der Waals surface area contributed by atoms with Gasteiger partial charge in [-0.05, 0) is 11.6 Å². The summed E-state index contributed by atoms with van der Waals surface area (Å²) in [7, 11) is 1.43. The van der Waals surface area contributed by atoms with Crippen LogP contribution in [0.25, 0.3) is 10.9 Å². The quantitative estimate of drug-likeness (QED) is 0.793. The summed E-state index contributed by atoms with van der Waals surface area (Å²) in [5, 5.41) is 1.26. The van der Waals surface area contributed by atoms with Crippen LogP contribution in [-0.2, 0) is 27.4 Å². The molecule has 2 heterocycles. The second kappa shape index (κ2) is 6.94. The van der Waals surface area contributed by atoms with Gasteiger partial charge in [0.05, 0.1) is 26.7 Å². The Hall–Kier alpha value is -1.85. The molecule has 0 unspecified atom stereocenters. The van der Waals surface area contributed by atoms with Gasteiger partial charge in [0.1, 0.15) is 0 Å². The first-order valence-electron chi connectivity index (χ1n) is 7.71. The van der Waals surface area contributed by atoms with Crippen LogP contribution in [0.1, 0.15) is 12.0 Å². The van der Waals surface area contributed by atoms with Crippen molar-refractivity contribution in [2.75, 3.05) is 33.4 Å². The molecule has 0 N–H and O–H groups in total. The van der Waals surface area contributed by atoms with Gasteiger partial charge < -0.3 is 14.0 Å². The number of methoxy groups -OCH3 is 1. The number of nitrogens with zero attached hydrogens (tertiary/aromatic N) is 2. The molecule has 3 rings (SSSR count). The number of esters is 1. The molecule has 1 aromatic carbocycles. The fourth-order valence-electron chi connectivity index (χ4n) is 2.95. The van der Waals surface area contributed by atoms with Crippen LogP contribution in [0.2, 0.25) is 0 Å². The second-order valence-electron chi connectivity index (χ2n) is 5.58. The third-order valence-electron chi connectivity index (χ3n) is 4.15. The molecule has 5 heteroatoms. The highest BCUT2D eigenvalue weighted by atomic mass is 16.5. The highest BCUT2D eigenvalue weighted by molar-refractivity contribution is 5.84.